The Kier molecular flexibility index (Phi) is 4.47. The van der Waals surface area contributed by atoms with E-state index >= 15 is 0 Å². The molecule has 0 saturated carbocycles. The van der Waals surface area contributed by atoms with Gasteiger partial charge in [-0.3, -0.25) is 19.1 Å². The van der Waals surface area contributed by atoms with Gasteiger partial charge in [-0.25, -0.2) is 0 Å². The molecule has 20 heavy (non-hydrogen) atoms. The third kappa shape index (κ3) is 2.87. The van der Waals surface area contributed by atoms with Crippen LogP contribution in [0.2, 0.25) is 0 Å². The van der Waals surface area contributed by atoms with Crippen LogP contribution in [0.1, 0.15) is 33.1 Å². The number of hydrogen-bond donors (Lipinski definition) is 0. The zero-order valence-corrected chi connectivity index (χ0v) is 12.7. The highest BCUT2D eigenvalue weighted by atomic mass is 31.2. The van der Waals surface area contributed by atoms with E-state index in [9.17, 15) is 14.2 Å². The zero-order chi connectivity index (χ0) is 14.9. The summed E-state index contributed by atoms with van der Waals surface area (Å²) < 4.78 is 22.3. The van der Waals surface area contributed by atoms with Crippen LogP contribution in [-0.2, 0) is 23.2 Å². The predicted molar refractivity (Wildman–Crippen MR) is 73.0 cm³/mol. The van der Waals surface area contributed by atoms with Gasteiger partial charge in [0.1, 0.15) is 0 Å². The Morgan fingerprint density at radius 1 is 1.45 bits per heavy atom. The summed E-state index contributed by atoms with van der Waals surface area (Å²) in [6.45, 7) is 8.07. The van der Waals surface area contributed by atoms with E-state index in [0.29, 0.717) is 12.8 Å². The fourth-order valence-corrected chi connectivity index (χ4v) is 3.95. The lowest BCUT2D eigenvalue weighted by molar-refractivity contribution is -0.144. The van der Waals surface area contributed by atoms with Gasteiger partial charge in [-0.15, -0.1) is 0 Å². The minimum atomic E-state index is -3.37. The van der Waals surface area contributed by atoms with E-state index in [-0.39, 0.29) is 48.7 Å². The number of nitrogens with zero attached hydrogens (tertiary/aromatic N) is 1. The Morgan fingerprint density at radius 2 is 2.05 bits per heavy atom. The number of amides is 2. The molecular formula is C13H20NO5P. The van der Waals surface area contributed by atoms with Gasteiger partial charge in [0.2, 0.25) is 11.8 Å². The number of hydrogen-bond acceptors (Lipinski definition) is 5. The number of carbonyl (C=O) groups excluding carboxylic acids is 2. The predicted octanol–water partition coefficient (Wildman–Crippen LogP) is 2.30. The van der Waals surface area contributed by atoms with Gasteiger partial charge in [-0.1, -0.05) is 20.4 Å². The molecule has 2 fully saturated rings. The molecule has 2 heterocycles. The van der Waals surface area contributed by atoms with Gasteiger partial charge < -0.3 is 9.05 Å². The van der Waals surface area contributed by atoms with E-state index in [4.69, 9.17) is 9.05 Å². The first-order chi connectivity index (χ1) is 9.35. The standard InChI is InChI=1S/C13H20NO5P/c1-9(2)11-4-5-12(15)14(11)13(16)8-10(3)20(17)18-6-7-19-20/h9,11H,3-8H2,1-2H3. The third-order valence-electron chi connectivity index (χ3n) is 3.64. The Bertz CT molecular complexity index is 477. The lowest BCUT2D eigenvalue weighted by atomic mass is 10.0. The summed E-state index contributed by atoms with van der Waals surface area (Å²) in [6.07, 6.45) is 0.886. The van der Waals surface area contributed by atoms with E-state index in [1.165, 1.54) is 4.90 Å². The molecule has 1 atom stereocenters. The average molecular weight is 301 g/mol. The van der Waals surface area contributed by atoms with Crippen molar-refractivity contribution in [3.63, 3.8) is 0 Å². The number of carbonyl (C=O) groups is 2. The molecule has 0 aromatic heterocycles. The monoisotopic (exact) mass is 301 g/mol. The van der Waals surface area contributed by atoms with Crippen molar-refractivity contribution >= 4 is 19.4 Å². The summed E-state index contributed by atoms with van der Waals surface area (Å²) in [5.74, 6) is -0.341. The molecule has 112 valence electrons. The third-order valence-corrected chi connectivity index (χ3v) is 5.62. The highest BCUT2D eigenvalue weighted by molar-refractivity contribution is 7.58. The van der Waals surface area contributed by atoms with Crippen molar-refractivity contribution in [3.05, 3.63) is 11.9 Å². The Labute approximate surface area is 118 Å². The van der Waals surface area contributed by atoms with Gasteiger partial charge in [0, 0.05) is 17.8 Å². The molecule has 0 aliphatic carbocycles. The van der Waals surface area contributed by atoms with Crippen molar-refractivity contribution < 1.29 is 23.2 Å². The Balaban J connectivity index is 2.05. The summed E-state index contributed by atoms with van der Waals surface area (Å²) in [5, 5.41) is 0.127. The molecule has 0 spiro atoms. The minimum Gasteiger partial charge on any atom is -0.303 e. The molecule has 2 rings (SSSR count). The van der Waals surface area contributed by atoms with Gasteiger partial charge in [0.05, 0.1) is 19.6 Å². The quantitative estimate of drug-likeness (QED) is 0.745. The highest BCUT2D eigenvalue weighted by Gasteiger charge is 2.40. The van der Waals surface area contributed by atoms with Crippen LogP contribution in [0.5, 0.6) is 0 Å². The summed E-state index contributed by atoms with van der Waals surface area (Å²) in [7, 11) is -3.37. The Hall–Kier alpha value is -0.970. The van der Waals surface area contributed by atoms with Gasteiger partial charge in [-0.05, 0) is 12.3 Å². The SMILES string of the molecule is C=C(CC(=O)N1C(=O)CCC1C(C)C)P1(=O)OCCO1. The van der Waals surface area contributed by atoms with Crippen LogP contribution in [0.4, 0.5) is 0 Å². The molecule has 1 unspecified atom stereocenters. The van der Waals surface area contributed by atoms with E-state index in [1.807, 2.05) is 13.8 Å². The smallest absolute Gasteiger partial charge is 0.303 e. The first-order valence-corrected chi connectivity index (χ1v) is 8.32. The number of rotatable bonds is 4. The fraction of sp³-hybridized carbons (Fsp3) is 0.692. The normalized spacial score (nSPS) is 25.4. The molecule has 2 saturated heterocycles. The van der Waals surface area contributed by atoms with Gasteiger partial charge in [0.15, 0.2) is 0 Å². The number of likely N-dealkylation sites (tertiary alicyclic amines) is 1. The molecule has 2 aliphatic heterocycles. The second-order valence-electron chi connectivity index (χ2n) is 5.41. The topological polar surface area (TPSA) is 72.9 Å². The van der Waals surface area contributed by atoms with Crippen molar-refractivity contribution in [2.75, 3.05) is 13.2 Å². The maximum absolute atomic E-state index is 12.3. The number of imide groups is 1. The molecule has 7 heteroatoms. The molecule has 0 radical (unpaired) electrons. The molecule has 6 nitrogen and oxygen atoms in total. The van der Waals surface area contributed by atoms with E-state index in [0.717, 1.165) is 0 Å². The largest absolute Gasteiger partial charge is 0.357 e. The maximum Gasteiger partial charge on any atom is 0.357 e. The van der Waals surface area contributed by atoms with Crippen LogP contribution in [0.3, 0.4) is 0 Å². The second-order valence-corrected chi connectivity index (χ2v) is 7.56. The molecule has 2 aliphatic rings. The fourth-order valence-electron chi connectivity index (χ4n) is 2.55. The van der Waals surface area contributed by atoms with Crippen LogP contribution >= 0.6 is 7.60 Å². The first-order valence-electron chi connectivity index (χ1n) is 6.77. The van der Waals surface area contributed by atoms with Crippen molar-refractivity contribution in [3.8, 4) is 0 Å². The highest BCUT2D eigenvalue weighted by Crippen LogP contribution is 2.59. The lowest BCUT2D eigenvalue weighted by Gasteiger charge is -2.26. The summed E-state index contributed by atoms with van der Waals surface area (Å²) in [4.78, 5) is 25.4. The second kappa shape index (κ2) is 5.80. The van der Waals surface area contributed by atoms with Crippen molar-refractivity contribution in [2.45, 2.75) is 39.2 Å². The van der Waals surface area contributed by atoms with Crippen LogP contribution in [0.25, 0.3) is 0 Å². The van der Waals surface area contributed by atoms with Crippen molar-refractivity contribution in [1.29, 1.82) is 0 Å². The molecule has 0 aromatic rings. The average Bonchev–Trinajstić information content (AvgIpc) is 2.96. The van der Waals surface area contributed by atoms with Crippen LogP contribution in [0, 0.1) is 5.92 Å². The van der Waals surface area contributed by atoms with Crippen LogP contribution < -0.4 is 0 Å². The molecule has 0 aromatic carbocycles. The van der Waals surface area contributed by atoms with E-state index in [2.05, 4.69) is 6.58 Å². The van der Waals surface area contributed by atoms with Crippen molar-refractivity contribution in [1.82, 2.24) is 4.90 Å². The van der Waals surface area contributed by atoms with E-state index in [1.54, 1.807) is 0 Å². The van der Waals surface area contributed by atoms with Crippen molar-refractivity contribution in [2.24, 2.45) is 5.92 Å². The van der Waals surface area contributed by atoms with Gasteiger partial charge in [0.25, 0.3) is 0 Å². The van der Waals surface area contributed by atoms with Crippen LogP contribution in [-0.4, -0.2) is 36.0 Å². The maximum atomic E-state index is 12.3. The zero-order valence-electron chi connectivity index (χ0n) is 11.8. The van der Waals surface area contributed by atoms with Gasteiger partial charge >= 0.3 is 7.60 Å². The molecule has 2 amide bonds. The molecule has 0 bridgehead atoms. The minimum absolute atomic E-state index is 0.0887. The van der Waals surface area contributed by atoms with E-state index < -0.39 is 7.60 Å². The molecular weight excluding hydrogens is 281 g/mol. The first kappa shape index (κ1) is 15.4. The molecule has 0 N–H and O–H groups in total. The Morgan fingerprint density at radius 3 is 2.60 bits per heavy atom. The van der Waals surface area contributed by atoms with Gasteiger partial charge in [-0.2, -0.15) is 0 Å². The lowest BCUT2D eigenvalue weighted by Crippen LogP contribution is -2.41. The summed E-state index contributed by atoms with van der Waals surface area (Å²) in [6, 6.07) is -0.0887. The summed E-state index contributed by atoms with van der Waals surface area (Å²) in [5.41, 5.74) is 0. The summed E-state index contributed by atoms with van der Waals surface area (Å²) >= 11 is 0. The van der Waals surface area contributed by atoms with Crippen LogP contribution in [0.15, 0.2) is 11.9 Å².